The van der Waals surface area contributed by atoms with Gasteiger partial charge >= 0.3 is 236 Å². The number of allylic oxidation sites excluding steroid dienone is 8. The van der Waals surface area contributed by atoms with Crippen molar-refractivity contribution in [3.63, 3.8) is 0 Å². The molecule has 0 N–H and O–H groups in total. The zero-order valence-corrected chi connectivity index (χ0v) is 28.0. The van der Waals surface area contributed by atoms with Crippen LogP contribution < -0.4 is 0 Å². The summed E-state index contributed by atoms with van der Waals surface area (Å²) >= 11 is -2.22. The molecule has 0 bridgehead atoms. The van der Waals surface area contributed by atoms with E-state index in [2.05, 4.69) is 147 Å². The van der Waals surface area contributed by atoms with Gasteiger partial charge in [-0.3, -0.25) is 0 Å². The molecule has 0 spiro atoms. The molecule has 2 aliphatic rings. The third kappa shape index (κ3) is 6.37. The van der Waals surface area contributed by atoms with Crippen molar-refractivity contribution in [1.29, 1.82) is 0 Å². The van der Waals surface area contributed by atoms with Crippen LogP contribution >= 0.6 is 24.8 Å². The summed E-state index contributed by atoms with van der Waals surface area (Å²) in [5, 5.41) is 0. The van der Waals surface area contributed by atoms with E-state index in [1.54, 1.807) is 6.56 Å². The summed E-state index contributed by atoms with van der Waals surface area (Å²) in [5.74, 6) is 0. The van der Waals surface area contributed by atoms with Crippen molar-refractivity contribution in [1.82, 2.24) is 0 Å². The molecule has 0 heterocycles. The van der Waals surface area contributed by atoms with Crippen LogP contribution in [0.1, 0.15) is 35.1 Å². The van der Waals surface area contributed by atoms with E-state index in [4.69, 9.17) is 0 Å². The quantitative estimate of drug-likeness (QED) is 0.181. The van der Waals surface area contributed by atoms with E-state index in [9.17, 15) is 0 Å². The molecule has 40 heavy (non-hydrogen) atoms. The van der Waals surface area contributed by atoms with Crippen LogP contribution in [0, 0.1) is 0 Å². The summed E-state index contributed by atoms with van der Waals surface area (Å²) in [5.41, 5.74) is 11.0. The first kappa shape index (κ1) is 30.5. The average molecular weight is 657 g/mol. The molecule has 0 radical (unpaired) electrons. The monoisotopic (exact) mass is 654 g/mol. The van der Waals surface area contributed by atoms with Crippen LogP contribution in [0.15, 0.2) is 140 Å². The predicted octanol–water partition coefficient (Wildman–Crippen LogP) is 10.5. The molecule has 0 unspecified atom stereocenters. The Labute approximate surface area is 259 Å². The molecule has 4 heteroatoms. The van der Waals surface area contributed by atoms with Crippen molar-refractivity contribution in [2.75, 3.05) is 0 Å². The molecule has 4 aromatic rings. The molecule has 0 aromatic heterocycles. The second-order valence-electron chi connectivity index (χ2n) is 10.3. The van der Waals surface area contributed by atoms with Crippen LogP contribution in [-0.4, -0.2) is 5.43 Å². The Morgan fingerprint density at radius 1 is 0.450 bits per heavy atom. The Kier molecular flexibility index (Phi) is 10.6. The molecule has 0 fully saturated rings. The van der Waals surface area contributed by atoms with E-state index < -0.39 is 25.8 Å². The van der Waals surface area contributed by atoms with Crippen LogP contribution in [-0.2, 0) is 20.4 Å². The van der Waals surface area contributed by atoms with Crippen LogP contribution in [0.3, 0.4) is 0 Å². The fourth-order valence-corrected chi connectivity index (χ4v) is 23.7. The van der Waals surface area contributed by atoms with E-state index >= 15 is 0 Å². The van der Waals surface area contributed by atoms with Crippen LogP contribution in [0.5, 0.6) is 0 Å². The number of hydrogen-bond acceptors (Lipinski definition) is 0. The fraction of sp³-hybridized carbons (Fsp3) is 0.111. The van der Waals surface area contributed by atoms with Gasteiger partial charge in [0.15, 0.2) is 0 Å². The molecule has 0 saturated heterocycles. The van der Waals surface area contributed by atoms with E-state index in [1.165, 1.54) is 44.5 Å². The molecule has 2 aliphatic carbocycles. The fourth-order valence-electron chi connectivity index (χ4n) is 5.85. The summed E-state index contributed by atoms with van der Waals surface area (Å²) in [4.78, 5) is 0. The van der Waals surface area contributed by atoms with Crippen molar-refractivity contribution in [3.8, 4) is 0 Å². The molecule has 200 valence electrons. The minimum absolute atomic E-state index is 0. The SMILES string of the molecule is C[Si](C)=[Zr]([C]1=C(c2ccccc2)C=C(c2ccccc2)C1)[C]1=C(c2ccccc2)C=C(c2ccccc2)C1.Cl.Cl. The van der Waals surface area contributed by atoms with E-state index in [-0.39, 0.29) is 24.8 Å². The molecule has 4 aromatic carbocycles. The zero-order valence-electron chi connectivity index (χ0n) is 22.9. The predicted molar refractivity (Wildman–Crippen MR) is 177 cm³/mol. The normalized spacial score (nSPS) is 14.2. The van der Waals surface area contributed by atoms with Crippen molar-refractivity contribution >= 4 is 52.5 Å². The molecule has 0 atom stereocenters. The maximum atomic E-state index is 2.59. The van der Waals surface area contributed by atoms with Gasteiger partial charge in [0.1, 0.15) is 0 Å². The van der Waals surface area contributed by atoms with Gasteiger partial charge in [-0.2, -0.15) is 0 Å². The third-order valence-corrected chi connectivity index (χ3v) is 24.7. The van der Waals surface area contributed by atoms with E-state index in [0.717, 1.165) is 12.8 Å². The topological polar surface area (TPSA) is 0 Å². The Morgan fingerprint density at radius 2 is 0.750 bits per heavy atom. The largest absolute Gasteiger partial charge is 0.147 e. The molecule has 0 amide bonds. The summed E-state index contributed by atoms with van der Waals surface area (Å²) in [6, 6.07) is 44.4. The summed E-state index contributed by atoms with van der Waals surface area (Å²) < 4.78 is 3.59. The minimum Gasteiger partial charge on any atom is -0.147 e. The maximum Gasteiger partial charge on any atom is -0.147 e. The molecule has 6 rings (SSSR count). The van der Waals surface area contributed by atoms with Gasteiger partial charge in [0.05, 0.1) is 0 Å². The van der Waals surface area contributed by atoms with Crippen molar-refractivity contribution in [3.05, 3.63) is 162 Å². The van der Waals surface area contributed by atoms with Crippen molar-refractivity contribution in [2.45, 2.75) is 25.9 Å². The molecule has 0 aliphatic heterocycles. The van der Waals surface area contributed by atoms with Gasteiger partial charge in [0.25, 0.3) is 0 Å². The number of benzene rings is 4. The summed E-state index contributed by atoms with van der Waals surface area (Å²) in [6.45, 7) is 5.18. The molecular formula is C36H34Cl2SiZr. The second-order valence-corrected chi connectivity index (χ2v) is 27.5. The smallest absolute Gasteiger partial charge is 0.147 e. The zero-order chi connectivity index (χ0) is 25.9. The van der Waals surface area contributed by atoms with Crippen LogP contribution in [0.25, 0.3) is 22.3 Å². The van der Waals surface area contributed by atoms with E-state index in [0.29, 0.717) is 0 Å². The van der Waals surface area contributed by atoms with Gasteiger partial charge in [0.2, 0.25) is 0 Å². The molecule has 0 nitrogen and oxygen atoms in total. The van der Waals surface area contributed by atoms with Crippen molar-refractivity contribution in [2.24, 2.45) is 0 Å². The minimum atomic E-state index is -2.22. The Bertz CT molecular complexity index is 1510. The molecular weight excluding hydrogens is 623 g/mol. The van der Waals surface area contributed by atoms with Gasteiger partial charge in [-0.05, 0) is 0 Å². The van der Waals surface area contributed by atoms with Crippen LogP contribution in [0.2, 0.25) is 13.1 Å². The number of hydrogen-bond donors (Lipinski definition) is 0. The first-order valence-corrected chi connectivity index (χ1v) is 22.1. The average Bonchev–Trinajstić information content (AvgIpc) is 3.61. The van der Waals surface area contributed by atoms with Gasteiger partial charge in [0, 0.05) is 0 Å². The Morgan fingerprint density at radius 3 is 1.05 bits per heavy atom. The first-order valence-electron chi connectivity index (χ1n) is 13.5. The van der Waals surface area contributed by atoms with Gasteiger partial charge in [-0.25, -0.2) is 0 Å². The van der Waals surface area contributed by atoms with E-state index in [1.807, 2.05) is 0 Å². The number of halogens is 2. The third-order valence-electron chi connectivity index (χ3n) is 7.58. The molecule has 0 saturated carbocycles. The summed E-state index contributed by atoms with van der Waals surface area (Å²) in [7, 11) is 0. The summed E-state index contributed by atoms with van der Waals surface area (Å²) in [6.07, 6.45) is 7.25. The van der Waals surface area contributed by atoms with Crippen molar-refractivity contribution < 1.29 is 20.4 Å². The second kappa shape index (κ2) is 13.9. The van der Waals surface area contributed by atoms with Gasteiger partial charge in [-0.15, -0.1) is 24.8 Å². The number of rotatable bonds is 6. The van der Waals surface area contributed by atoms with Gasteiger partial charge in [-0.1, -0.05) is 0 Å². The van der Waals surface area contributed by atoms with Crippen LogP contribution in [0.4, 0.5) is 0 Å². The Balaban J connectivity index is 0.00000185. The Hall–Kier alpha value is -2.48. The standard InChI is InChI=1S/2C17H13.C2H6Si.2ClH.Zr/c2*1-3-7-14(8-4-1)16-11-12-17(13-16)15-9-5-2-6-10-15;1-3-2;;;/h2*1-10,13H,11H2;1-2H3;2*1H;. The first-order chi connectivity index (χ1) is 18.7. The maximum absolute atomic E-state index is 2.59. The van der Waals surface area contributed by atoms with Gasteiger partial charge < -0.3 is 0 Å².